The summed E-state index contributed by atoms with van der Waals surface area (Å²) in [5.74, 6) is 0. The molecule has 0 aliphatic carbocycles. The van der Waals surface area contributed by atoms with Crippen LogP contribution < -0.4 is 10.4 Å². The van der Waals surface area contributed by atoms with Gasteiger partial charge in [0.25, 0.3) is 8.32 Å². The van der Waals surface area contributed by atoms with Gasteiger partial charge in [-0.05, 0) is 28.8 Å². The number of rotatable bonds is 9. The largest absolute Gasteiger partial charge is 0.402 e. The Labute approximate surface area is 166 Å². The first kappa shape index (κ1) is 21.9. The Balaban J connectivity index is 2.57. The lowest BCUT2D eigenvalue weighted by Gasteiger charge is -2.45. The van der Waals surface area contributed by atoms with Crippen LogP contribution >= 0.6 is 0 Å². The maximum absolute atomic E-state index is 10.5. The summed E-state index contributed by atoms with van der Waals surface area (Å²) in [6.07, 6.45) is 3.70. The van der Waals surface area contributed by atoms with Crippen LogP contribution in [0.25, 0.3) is 0 Å². The summed E-state index contributed by atoms with van der Waals surface area (Å²) in [6, 6.07) is 21.3. The lowest BCUT2D eigenvalue weighted by atomic mass is 10.1. The summed E-state index contributed by atoms with van der Waals surface area (Å²) >= 11 is 0. The molecular weight excluding hydrogens is 348 g/mol. The van der Waals surface area contributed by atoms with Gasteiger partial charge >= 0.3 is 0 Å². The predicted molar refractivity (Wildman–Crippen MR) is 118 cm³/mol. The van der Waals surface area contributed by atoms with E-state index in [1.54, 1.807) is 0 Å². The molecule has 0 fully saturated rings. The first-order valence-corrected chi connectivity index (χ1v) is 12.2. The molecule has 3 heteroatoms. The lowest BCUT2D eigenvalue weighted by Crippen LogP contribution is -2.68. The molecule has 0 spiro atoms. The van der Waals surface area contributed by atoms with E-state index in [1.165, 1.54) is 23.2 Å². The summed E-state index contributed by atoms with van der Waals surface area (Å²) in [6.45, 7) is 10.9. The Kier molecular flexibility index (Phi) is 7.84. The molecule has 0 saturated heterocycles. The van der Waals surface area contributed by atoms with Crippen molar-refractivity contribution in [2.75, 3.05) is 0 Å². The van der Waals surface area contributed by atoms with Crippen molar-refractivity contribution in [2.45, 2.75) is 77.5 Å². The van der Waals surface area contributed by atoms with E-state index in [-0.39, 0.29) is 11.1 Å². The van der Waals surface area contributed by atoms with E-state index < -0.39 is 14.4 Å². The molecule has 1 N–H and O–H groups in total. The summed E-state index contributed by atoms with van der Waals surface area (Å²) in [7, 11) is -2.60. The van der Waals surface area contributed by atoms with Crippen LogP contribution in [0.2, 0.25) is 5.04 Å². The van der Waals surface area contributed by atoms with E-state index >= 15 is 0 Å². The van der Waals surface area contributed by atoms with Crippen LogP contribution in [0.15, 0.2) is 60.7 Å². The third-order valence-electron chi connectivity index (χ3n) is 5.38. The minimum Gasteiger partial charge on any atom is -0.402 e. The van der Waals surface area contributed by atoms with Crippen LogP contribution in [0, 0.1) is 0 Å². The Morgan fingerprint density at radius 2 is 1.37 bits per heavy atom. The third-order valence-corrected chi connectivity index (χ3v) is 10.4. The normalized spacial score (nSPS) is 14.7. The molecule has 2 aromatic carbocycles. The van der Waals surface area contributed by atoms with Gasteiger partial charge in [-0.2, -0.15) is 0 Å². The van der Waals surface area contributed by atoms with Gasteiger partial charge in [-0.25, -0.2) is 0 Å². The highest BCUT2D eigenvalue weighted by molar-refractivity contribution is 6.99. The summed E-state index contributed by atoms with van der Waals surface area (Å²) < 4.78 is 7.07. The second-order valence-electron chi connectivity index (χ2n) is 8.56. The van der Waals surface area contributed by atoms with Crippen LogP contribution in [0.4, 0.5) is 0 Å². The van der Waals surface area contributed by atoms with E-state index in [0.29, 0.717) is 0 Å². The van der Waals surface area contributed by atoms with Gasteiger partial charge in [-0.3, -0.25) is 0 Å². The first-order chi connectivity index (χ1) is 12.8. The van der Waals surface area contributed by atoms with Crippen LogP contribution in [0.5, 0.6) is 0 Å². The highest BCUT2D eigenvalue weighted by atomic mass is 28.4. The van der Waals surface area contributed by atoms with E-state index in [9.17, 15) is 5.11 Å². The minimum absolute atomic E-state index is 0.0619. The average Bonchev–Trinajstić information content (AvgIpc) is 2.65. The number of unbranched alkanes of at least 4 members (excludes halogenated alkanes) is 2. The fourth-order valence-electron chi connectivity index (χ4n) is 3.91. The molecule has 27 heavy (non-hydrogen) atoms. The highest BCUT2D eigenvalue weighted by Gasteiger charge is 2.51. The molecule has 148 valence electrons. The molecule has 0 unspecified atom stereocenters. The molecule has 0 amide bonds. The van der Waals surface area contributed by atoms with Crippen molar-refractivity contribution in [1.29, 1.82) is 0 Å². The van der Waals surface area contributed by atoms with Crippen molar-refractivity contribution in [3.8, 4) is 0 Å². The molecule has 2 atom stereocenters. The van der Waals surface area contributed by atoms with Crippen molar-refractivity contribution in [1.82, 2.24) is 0 Å². The highest BCUT2D eigenvalue weighted by Crippen LogP contribution is 2.38. The lowest BCUT2D eigenvalue weighted by molar-refractivity contribution is 0.0353. The quantitative estimate of drug-likeness (QED) is 0.492. The molecule has 0 radical (unpaired) electrons. The van der Waals surface area contributed by atoms with Crippen molar-refractivity contribution in [3.05, 3.63) is 60.7 Å². The SMILES string of the molecule is CCCCC[C@H](O[Si](c1ccccc1)(c1ccccc1)C(C)(C)C)[C@H](C)O. The molecule has 2 rings (SSSR count). The van der Waals surface area contributed by atoms with Gasteiger partial charge in [-0.15, -0.1) is 0 Å². The molecular formula is C24H36O2Si. The van der Waals surface area contributed by atoms with Crippen molar-refractivity contribution in [2.24, 2.45) is 0 Å². The number of aliphatic hydroxyl groups is 1. The van der Waals surface area contributed by atoms with Crippen LogP contribution in [-0.2, 0) is 4.43 Å². The van der Waals surface area contributed by atoms with Crippen LogP contribution in [0.1, 0.15) is 60.3 Å². The summed E-state index contributed by atoms with van der Waals surface area (Å²) in [5, 5.41) is 13.0. The number of hydrogen-bond donors (Lipinski definition) is 1. The smallest absolute Gasteiger partial charge is 0.261 e. The topological polar surface area (TPSA) is 29.5 Å². The zero-order chi connectivity index (χ0) is 19.9. The van der Waals surface area contributed by atoms with Gasteiger partial charge in [-0.1, -0.05) is 108 Å². The Morgan fingerprint density at radius 1 is 0.889 bits per heavy atom. The van der Waals surface area contributed by atoms with E-state index in [1.807, 2.05) is 6.92 Å². The molecule has 0 bridgehead atoms. The van der Waals surface area contributed by atoms with Crippen LogP contribution in [-0.4, -0.2) is 25.6 Å². The van der Waals surface area contributed by atoms with E-state index in [2.05, 4.69) is 88.4 Å². The monoisotopic (exact) mass is 384 g/mol. The number of hydrogen-bond acceptors (Lipinski definition) is 2. The Morgan fingerprint density at radius 3 is 1.74 bits per heavy atom. The molecule has 0 aliphatic heterocycles. The Bertz CT molecular complexity index is 622. The second kappa shape index (κ2) is 9.68. The van der Waals surface area contributed by atoms with Gasteiger partial charge in [0.2, 0.25) is 0 Å². The molecule has 2 aromatic rings. The zero-order valence-corrected chi connectivity index (χ0v) is 18.6. The van der Waals surface area contributed by atoms with Gasteiger partial charge in [0.05, 0.1) is 12.2 Å². The third kappa shape index (κ3) is 5.10. The molecule has 0 saturated carbocycles. The predicted octanol–water partition coefficient (Wildman–Crippen LogP) is 4.89. The maximum Gasteiger partial charge on any atom is 0.261 e. The zero-order valence-electron chi connectivity index (χ0n) is 17.6. The molecule has 0 aliphatic rings. The molecule has 0 aromatic heterocycles. The van der Waals surface area contributed by atoms with Gasteiger partial charge in [0.1, 0.15) is 0 Å². The van der Waals surface area contributed by atoms with Crippen molar-refractivity contribution in [3.63, 3.8) is 0 Å². The van der Waals surface area contributed by atoms with E-state index in [4.69, 9.17) is 4.43 Å². The van der Waals surface area contributed by atoms with Crippen LogP contribution in [0.3, 0.4) is 0 Å². The van der Waals surface area contributed by atoms with E-state index in [0.717, 1.165) is 12.8 Å². The summed E-state index contributed by atoms with van der Waals surface area (Å²) in [4.78, 5) is 0. The number of aliphatic hydroxyl groups excluding tert-OH is 1. The van der Waals surface area contributed by atoms with Gasteiger partial charge in [0.15, 0.2) is 0 Å². The van der Waals surface area contributed by atoms with Crippen molar-refractivity contribution >= 4 is 18.7 Å². The standard InChI is InChI=1S/C24H36O2Si/c1-6-7-10-19-23(20(2)25)26-27(24(3,4)5,21-15-11-8-12-16-21)22-17-13-9-14-18-22/h8-9,11-18,20,23,25H,6-7,10,19H2,1-5H3/t20-,23-/m0/s1. The number of benzene rings is 2. The average molecular weight is 385 g/mol. The Hall–Kier alpha value is -1.42. The first-order valence-electron chi connectivity index (χ1n) is 10.3. The van der Waals surface area contributed by atoms with Gasteiger partial charge < -0.3 is 9.53 Å². The van der Waals surface area contributed by atoms with Crippen molar-refractivity contribution < 1.29 is 9.53 Å². The second-order valence-corrected chi connectivity index (χ2v) is 12.8. The fourth-order valence-corrected chi connectivity index (χ4v) is 8.70. The minimum atomic E-state index is -2.60. The molecule has 2 nitrogen and oxygen atoms in total. The van der Waals surface area contributed by atoms with Gasteiger partial charge in [0, 0.05) is 0 Å². The summed E-state index contributed by atoms with van der Waals surface area (Å²) in [5.41, 5.74) is 0. The fraction of sp³-hybridized carbons (Fsp3) is 0.500. The maximum atomic E-state index is 10.5. The molecule has 0 heterocycles.